The van der Waals surface area contributed by atoms with Crippen molar-refractivity contribution in [2.75, 3.05) is 15.8 Å². The summed E-state index contributed by atoms with van der Waals surface area (Å²) in [5.74, 6) is 0.745. The standard InChI is InChI=1S/C17H17N5O3S3/c1-10-15(27-16(18-10)19-11(2)23)28(24,25)21-13-5-3-12(4-6-13)14-9-22-7-8-26-17(22)20-14/h3-6,9,21H,7-8H2,1-2H3,(H,18,19,23). The number of fused-ring (bicyclic) bond motifs is 1. The lowest BCUT2D eigenvalue weighted by Gasteiger charge is -2.07. The van der Waals surface area contributed by atoms with E-state index in [2.05, 4.69) is 24.6 Å². The number of carbonyl (C=O) groups excluding carboxylic acids is 1. The lowest BCUT2D eigenvalue weighted by Crippen LogP contribution is -2.12. The van der Waals surface area contributed by atoms with Crippen LogP contribution in [0, 0.1) is 6.92 Å². The maximum atomic E-state index is 12.7. The number of nitrogens with zero attached hydrogens (tertiary/aromatic N) is 3. The van der Waals surface area contributed by atoms with Gasteiger partial charge < -0.3 is 9.88 Å². The molecular weight excluding hydrogens is 418 g/mol. The zero-order valence-electron chi connectivity index (χ0n) is 15.1. The summed E-state index contributed by atoms with van der Waals surface area (Å²) in [6.07, 6.45) is 2.01. The number of nitrogens with one attached hydrogen (secondary N) is 2. The van der Waals surface area contributed by atoms with E-state index in [1.54, 1.807) is 30.8 Å². The fraction of sp³-hybridized carbons (Fsp3) is 0.235. The molecule has 1 amide bonds. The highest BCUT2D eigenvalue weighted by molar-refractivity contribution is 7.99. The highest BCUT2D eigenvalue weighted by Crippen LogP contribution is 2.31. The number of anilines is 2. The summed E-state index contributed by atoms with van der Waals surface area (Å²) in [6, 6.07) is 7.08. The van der Waals surface area contributed by atoms with Gasteiger partial charge in [0.1, 0.15) is 0 Å². The van der Waals surface area contributed by atoms with Gasteiger partial charge in [-0.2, -0.15) is 0 Å². The first-order valence-corrected chi connectivity index (χ1v) is 11.7. The number of carbonyl (C=O) groups is 1. The van der Waals surface area contributed by atoms with Crippen LogP contribution in [0.15, 0.2) is 39.8 Å². The Kier molecular flexibility index (Phi) is 4.89. The first-order valence-electron chi connectivity index (χ1n) is 8.40. The molecule has 0 saturated heterocycles. The van der Waals surface area contributed by atoms with Crippen LogP contribution in [-0.2, 0) is 21.4 Å². The molecule has 1 aliphatic heterocycles. The van der Waals surface area contributed by atoms with Crippen LogP contribution < -0.4 is 10.0 Å². The Morgan fingerprint density at radius 1 is 1.21 bits per heavy atom. The van der Waals surface area contributed by atoms with Gasteiger partial charge in [0.2, 0.25) is 5.91 Å². The molecule has 146 valence electrons. The number of amides is 1. The van der Waals surface area contributed by atoms with E-state index in [9.17, 15) is 13.2 Å². The Morgan fingerprint density at radius 3 is 2.64 bits per heavy atom. The van der Waals surface area contributed by atoms with Gasteiger partial charge in [0.05, 0.1) is 11.4 Å². The Morgan fingerprint density at radius 2 is 1.96 bits per heavy atom. The van der Waals surface area contributed by atoms with Crippen LogP contribution >= 0.6 is 23.1 Å². The van der Waals surface area contributed by atoms with Crippen molar-refractivity contribution in [3.8, 4) is 11.3 Å². The number of aryl methyl sites for hydroxylation is 2. The molecule has 28 heavy (non-hydrogen) atoms. The van der Waals surface area contributed by atoms with E-state index in [1.165, 1.54) is 6.92 Å². The van der Waals surface area contributed by atoms with E-state index < -0.39 is 10.0 Å². The maximum Gasteiger partial charge on any atom is 0.273 e. The summed E-state index contributed by atoms with van der Waals surface area (Å²) >= 11 is 2.65. The van der Waals surface area contributed by atoms with Gasteiger partial charge in [-0.15, -0.1) is 0 Å². The number of imidazole rings is 1. The van der Waals surface area contributed by atoms with Crippen molar-refractivity contribution in [1.29, 1.82) is 0 Å². The summed E-state index contributed by atoms with van der Waals surface area (Å²) < 4.78 is 30.2. The molecule has 4 rings (SSSR count). The van der Waals surface area contributed by atoms with Crippen molar-refractivity contribution in [3.05, 3.63) is 36.2 Å². The second-order valence-electron chi connectivity index (χ2n) is 6.21. The average Bonchev–Trinajstić information content (AvgIpc) is 3.29. The quantitative estimate of drug-likeness (QED) is 0.638. The van der Waals surface area contributed by atoms with Gasteiger partial charge in [0.15, 0.2) is 14.5 Å². The van der Waals surface area contributed by atoms with Gasteiger partial charge in [-0.05, 0) is 19.1 Å². The Bertz CT molecular complexity index is 1130. The first-order chi connectivity index (χ1) is 13.3. The van der Waals surface area contributed by atoms with Gasteiger partial charge in [0.25, 0.3) is 10.0 Å². The van der Waals surface area contributed by atoms with E-state index in [1.807, 2.05) is 18.3 Å². The Balaban J connectivity index is 1.53. The van der Waals surface area contributed by atoms with Crippen LogP contribution in [0.3, 0.4) is 0 Å². The van der Waals surface area contributed by atoms with Crippen LogP contribution in [0.1, 0.15) is 12.6 Å². The van der Waals surface area contributed by atoms with Crippen LogP contribution in [0.2, 0.25) is 0 Å². The summed E-state index contributed by atoms with van der Waals surface area (Å²) in [5.41, 5.74) is 2.57. The topological polar surface area (TPSA) is 106 Å². The first kappa shape index (κ1) is 19.0. The van der Waals surface area contributed by atoms with Gasteiger partial charge in [-0.1, -0.05) is 35.2 Å². The SMILES string of the molecule is CC(=O)Nc1nc(C)c(S(=O)(=O)Nc2ccc(-c3cn4c(n3)SCC4)cc2)s1. The number of benzene rings is 1. The van der Waals surface area contributed by atoms with E-state index >= 15 is 0 Å². The van der Waals surface area contributed by atoms with E-state index in [4.69, 9.17) is 0 Å². The minimum absolute atomic E-state index is 0.0721. The van der Waals surface area contributed by atoms with Gasteiger partial charge in [-0.25, -0.2) is 18.4 Å². The van der Waals surface area contributed by atoms with E-state index in [0.29, 0.717) is 11.4 Å². The molecule has 1 aliphatic rings. The third-order valence-corrected chi connectivity index (χ3v) is 8.05. The minimum atomic E-state index is -3.80. The van der Waals surface area contributed by atoms with Crippen molar-refractivity contribution in [1.82, 2.24) is 14.5 Å². The van der Waals surface area contributed by atoms with Crippen molar-refractivity contribution in [2.45, 2.75) is 29.8 Å². The normalized spacial score (nSPS) is 13.4. The second kappa shape index (κ2) is 7.22. The van der Waals surface area contributed by atoms with Gasteiger partial charge >= 0.3 is 0 Å². The molecule has 3 heterocycles. The molecule has 3 aromatic rings. The number of rotatable bonds is 5. The number of aromatic nitrogens is 3. The zero-order chi connectivity index (χ0) is 19.9. The van der Waals surface area contributed by atoms with Crippen molar-refractivity contribution in [2.24, 2.45) is 0 Å². The van der Waals surface area contributed by atoms with E-state index in [-0.39, 0.29) is 15.2 Å². The summed E-state index contributed by atoms with van der Waals surface area (Å²) in [6.45, 7) is 3.90. The molecule has 0 atom stereocenters. The lowest BCUT2D eigenvalue weighted by molar-refractivity contribution is -0.114. The summed E-state index contributed by atoms with van der Waals surface area (Å²) in [7, 11) is -3.80. The number of hydrogen-bond donors (Lipinski definition) is 2. The second-order valence-corrected chi connectivity index (χ2v) is 10.1. The third kappa shape index (κ3) is 3.77. The molecule has 11 heteroatoms. The molecule has 1 aromatic carbocycles. The molecule has 0 saturated carbocycles. The number of thiazole rings is 1. The molecule has 0 fully saturated rings. The molecular formula is C17H17N5O3S3. The fourth-order valence-corrected chi connectivity index (χ4v) is 6.26. The highest BCUT2D eigenvalue weighted by Gasteiger charge is 2.22. The van der Waals surface area contributed by atoms with Crippen LogP contribution in [0.4, 0.5) is 10.8 Å². The lowest BCUT2D eigenvalue weighted by atomic mass is 10.1. The largest absolute Gasteiger partial charge is 0.325 e. The number of thioether (sulfide) groups is 1. The monoisotopic (exact) mass is 435 g/mol. The summed E-state index contributed by atoms with van der Waals surface area (Å²) in [4.78, 5) is 19.8. The molecule has 0 radical (unpaired) electrons. The molecule has 0 bridgehead atoms. The minimum Gasteiger partial charge on any atom is -0.325 e. The van der Waals surface area contributed by atoms with Crippen molar-refractivity contribution in [3.63, 3.8) is 0 Å². The highest BCUT2D eigenvalue weighted by atomic mass is 32.2. The zero-order valence-corrected chi connectivity index (χ0v) is 17.5. The van der Waals surface area contributed by atoms with Crippen LogP contribution in [-0.4, -0.2) is 34.6 Å². The van der Waals surface area contributed by atoms with E-state index in [0.717, 1.165) is 40.0 Å². The van der Waals surface area contributed by atoms with Gasteiger partial charge in [-0.3, -0.25) is 9.52 Å². The maximum absolute atomic E-state index is 12.7. The Hall–Kier alpha value is -2.37. The third-order valence-electron chi connectivity index (χ3n) is 4.02. The molecule has 0 unspecified atom stereocenters. The van der Waals surface area contributed by atoms with Crippen LogP contribution in [0.25, 0.3) is 11.3 Å². The van der Waals surface area contributed by atoms with Crippen molar-refractivity contribution >= 4 is 49.8 Å². The number of hydrogen-bond acceptors (Lipinski definition) is 7. The fourth-order valence-electron chi connectivity index (χ4n) is 2.80. The van der Waals surface area contributed by atoms with Crippen molar-refractivity contribution < 1.29 is 13.2 Å². The number of sulfonamides is 1. The molecule has 0 spiro atoms. The predicted octanol–water partition coefficient (Wildman–Crippen LogP) is 3.18. The Labute approximate surface area is 170 Å². The molecule has 2 aromatic heterocycles. The predicted molar refractivity (Wildman–Crippen MR) is 110 cm³/mol. The summed E-state index contributed by atoms with van der Waals surface area (Å²) in [5, 5.41) is 3.77. The smallest absolute Gasteiger partial charge is 0.273 e. The average molecular weight is 436 g/mol. The van der Waals surface area contributed by atoms with Gasteiger partial charge in [0, 0.05) is 36.7 Å². The van der Waals surface area contributed by atoms with Crippen LogP contribution in [0.5, 0.6) is 0 Å². The molecule has 8 nitrogen and oxygen atoms in total. The molecule has 0 aliphatic carbocycles. The molecule has 2 N–H and O–H groups in total.